The van der Waals surface area contributed by atoms with Gasteiger partial charge in [0.1, 0.15) is 5.56 Å². The molecule has 0 aromatic carbocycles. The molecule has 0 amide bonds. The highest BCUT2D eigenvalue weighted by Gasteiger charge is 2.64. The standard InChI is InChI=1S/C13H12BrF3N2O/c14-8-1-9-12-2-7(12)6(3-18-5-12)4-19(9)11(20)10(8)13(15,16)17/h1,6-7,18H,2-5H2/t6-,7?,12?/m0/s1. The van der Waals surface area contributed by atoms with Crippen LogP contribution in [0.4, 0.5) is 13.2 Å². The zero-order valence-electron chi connectivity index (χ0n) is 10.4. The van der Waals surface area contributed by atoms with E-state index in [4.69, 9.17) is 0 Å². The Kier molecular flexibility index (Phi) is 2.37. The van der Waals surface area contributed by atoms with Crippen LogP contribution in [0, 0.1) is 11.8 Å². The van der Waals surface area contributed by atoms with Crippen LogP contribution in [0.25, 0.3) is 0 Å². The fraction of sp³-hybridized carbons (Fsp3) is 0.615. The van der Waals surface area contributed by atoms with Gasteiger partial charge in [-0.2, -0.15) is 13.2 Å². The average Bonchev–Trinajstić information content (AvgIpc) is 3.06. The van der Waals surface area contributed by atoms with Gasteiger partial charge in [-0.05, 0) is 46.8 Å². The summed E-state index contributed by atoms with van der Waals surface area (Å²) in [5.74, 6) is 0.794. The van der Waals surface area contributed by atoms with Gasteiger partial charge in [-0.3, -0.25) is 4.79 Å². The highest BCUT2D eigenvalue weighted by molar-refractivity contribution is 9.10. The molecule has 0 radical (unpaired) electrons. The molecule has 3 aliphatic rings. The summed E-state index contributed by atoms with van der Waals surface area (Å²) in [4.78, 5) is 12.3. The Bertz CT molecular complexity index is 669. The van der Waals surface area contributed by atoms with E-state index in [1.807, 2.05) is 0 Å². The van der Waals surface area contributed by atoms with Crippen LogP contribution in [0.3, 0.4) is 0 Å². The number of fused-ring (bicyclic) bond motifs is 1. The predicted octanol–water partition coefficient (Wildman–Crippen LogP) is 2.12. The SMILES string of the molecule is O=c1c(C(F)(F)F)c(Br)cc2n1C[C@@H]1CNCC23CC13. The molecular formula is C13H12BrF3N2O. The third-order valence-corrected chi connectivity index (χ3v) is 5.64. The van der Waals surface area contributed by atoms with Crippen molar-refractivity contribution in [1.82, 2.24) is 9.88 Å². The maximum Gasteiger partial charge on any atom is 0.422 e. The Morgan fingerprint density at radius 3 is 2.90 bits per heavy atom. The normalized spacial score (nSPS) is 34.4. The fourth-order valence-corrected chi connectivity index (χ4v) is 4.67. The van der Waals surface area contributed by atoms with E-state index in [1.54, 1.807) is 0 Å². The molecule has 0 spiro atoms. The second kappa shape index (κ2) is 3.68. The first-order chi connectivity index (χ1) is 9.34. The van der Waals surface area contributed by atoms with Crippen molar-refractivity contribution in [3.63, 3.8) is 0 Å². The van der Waals surface area contributed by atoms with Gasteiger partial charge in [-0.15, -0.1) is 0 Å². The Morgan fingerprint density at radius 2 is 2.20 bits per heavy atom. The second-order valence-corrected chi connectivity index (χ2v) is 6.88. The van der Waals surface area contributed by atoms with Gasteiger partial charge in [-0.1, -0.05) is 0 Å². The number of nitrogens with zero attached hydrogens (tertiary/aromatic N) is 1. The van der Waals surface area contributed by atoms with E-state index in [-0.39, 0.29) is 15.8 Å². The molecule has 2 fully saturated rings. The molecule has 2 aliphatic heterocycles. The lowest BCUT2D eigenvalue weighted by atomic mass is 9.84. The molecule has 1 aliphatic carbocycles. The molecule has 1 saturated heterocycles. The molecule has 1 saturated carbocycles. The van der Waals surface area contributed by atoms with Crippen LogP contribution in [-0.2, 0) is 18.1 Å². The molecule has 1 N–H and O–H groups in total. The quantitative estimate of drug-likeness (QED) is 0.779. The van der Waals surface area contributed by atoms with E-state index >= 15 is 0 Å². The summed E-state index contributed by atoms with van der Waals surface area (Å²) in [7, 11) is 0. The van der Waals surface area contributed by atoms with Gasteiger partial charge in [0.15, 0.2) is 0 Å². The highest BCUT2D eigenvalue weighted by atomic mass is 79.9. The van der Waals surface area contributed by atoms with Crippen LogP contribution < -0.4 is 10.9 Å². The summed E-state index contributed by atoms with van der Waals surface area (Å²) in [5, 5.41) is 3.34. The first-order valence-corrected chi connectivity index (χ1v) is 7.35. The number of piperidine rings is 1. The molecular weight excluding hydrogens is 337 g/mol. The van der Waals surface area contributed by atoms with Crippen LogP contribution in [0.5, 0.6) is 0 Å². The summed E-state index contributed by atoms with van der Waals surface area (Å²) in [6, 6.07) is 1.51. The number of aromatic nitrogens is 1. The zero-order chi connectivity index (χ0) is 14.3. The molecule has 20 heavy (non-hydrogen) atoms. The smallest absolute Gasteiger partial charge is 0.315 e. The van der Waals surface area contributed by atoms with Gasteiger partial charge in [0.25, 0.3) is 5.56 Å². The molecule has 1 aromatic rings. The molecule has 2 bridgehead atoms. The van der Waals surface area contributed by atoms with Crippen LogP contribution >= 0.6 is 15.9 Å². The first-order valence-electron chi connectivity index (χ1n) is 6.56. The number of nitrogens with one attached hydrogen (secondary N) is 1. The summed E-state index contributed by atoms with van der Waals surface area (Å²) < 4.78 is 40.3. The van der Waals surface area contributed by atoms with Gasteiger partial charge in [0.05, 0.1) is 0 Å². The third-order valence-electron chi connectivity index (χ3n) is 5.01. The zero-order valence-corrected chi connectivity index (χ0v) is 12.0. The topological polar surface area (TPSA) is 34.0 Å². The van der Waals surface area contributed by atoms with Gasteiger partial charge < -0.3 is 9.88 Å². The van der Waals surface area contributed by atoms with Gasteiger partial charge in [-0.25, -0.2) is 0 Å². The predicted molar refractivity (Wildman–Crippen MR) is 69.5 cm³/mol. The minimum atomic E-state index is -4.62. The number of pyridine rings is 1. The van der Waals surface area contributed by atoms with Crippen molar-refractivity contribution in [1.29, 1.82) is 0 Å². The lowest BCUT2D eigenvalue weighted by molar-refractivity contribution is -0.139. The Labute approximate surface area is 121 Å². The van der Waals surface area contributed by atoms with Gasteiger partial charge in [0, 0.05) is 28.7 Å². The van der Waals surface area contributed by atoms with Crippen molar-refractivity contribution < 1.29 is 13.2 Å². The summed E-state index contributed by atoms with van der Waals surface area (Å²) in [5.41, 5.74) is -1.34. The Balaban J connectivity index is 1.98. The van der Waals surface area contributed by atoms with Crippen LogP contribution in [-0.4, -0.2) is 17.7 Å². The fourth-order valence-electron chi connectivity index (χ4n) is 4.06. The Morgan fingerprint density at radius 1 is 1.45 bits per heavy atom. The van der Waals surface area contributed by atoms with Gasteiger partial charge in [0.2, 0.25) is 0 Å². The molecule has 1 aromatic heterocycles. The van der Waals surface area contributed by atoms with Crippen molar-refractivity contribution in [2.45, 2.75) is 24.6 Å². The maximum absolute atomic E-state index is 13.0. The minimum Gasteiger partial charge on any atom is -0.315 e. The number of hydrogen-bond acceptors (Lipinski definition) is 2. The van der Waals surface area contributed by atoms with Gasteiger partial charge >= 0.3 is 6.18 Å². The third kappa shape index (κ3) is 1.48. The second-order valence-electron chi connectivity index (χ2n) is 6.02. The summed E-state index contributed by atoms with van der Waals surface area (Å²) >= 11 is 2.94. The molecule has 3 heterocycles. The number of hydrogen-bond donors (Lipinski definition) is 1. The molecule has 7 heteroatoms. The van der Waals surface area contributed by atoms with E-state index < -0.39 is 17.3 Å². The highest BCUT2D eigenvalue weighted by Crippen LogP contribution is 2.61. The molecule has 4 rings (SSSR count). The number of halogens is 4. The summed E-state index contributed by atoms with van der Waals surface area (Å²) in [6.45, 7) is 1.94. The van der Waals surface area contributed by atoms with Crippen LogP contribution in [0.1, 0.15) is 17.7 Å². The number of alkyl halides is 3. The van der Waals surface area contributed by atoms with Crippen molar-refractivity contribution in [2.24, 2.45) is 11.8 Å². The van der Waals surface area contributed by atoms with Crippen LogP contribution in [0.2, 0.25) is 0 Å². The minimum absolute atomic E-state index is 0.118. The summed E-state index contributed by atoms with van der Waals surface area (Å²) in [6.07, 6.45) is -3.65. The largest absolute Gasteiger partial charge is 0.422 e. The number of rotatable bonds is 0. The molecule has 2 unspecified atom stereocenters. The van der Waals surface area contributed by atoms with Crippen molar-refractivity contribution >= 4 is 15.9 Å². The maximum atomic E-state index is 13.0. The van der Waals surface area contributed by atoms with E-state index in [0.717, 1.165) is 25.2 Å². The van der Waals surface area contributed by atoms with Crippen molar-refractivity contribution in [3.05, 3.63) is 32.2 Å². The lowest BCUT2D eigenvalue weighted by Gasteiger charge is -2.37. The van der Waals surface area contributed by atoms with E-state index in [9.17, 15) is 18.0 Å². The van der Waals surface area contributed by atoms with E-state index in [0.29, 0.717) is 12.5 Å². The lowest BCUT2D eigenvalue weighted by Crippen LogP contribution is -2.49. The van der Waals surface area contributed by atoms with E-state index in [2.05, 4.69) is 21.2 Å². The molecule has 108 valence electrons. The van der Waals surface area contributed by atoms with E-state index in [1.165, 1.54) is 10.6 Å². The Hall–Kier alpha value is -0.820. The molecule has 3 nitrogen and oxygen atoms in total. The average molecular weight is 349 g/mol. The monoisotopic (exact) mass is 348 g/mol. The first kappa shape index (κ1) is 12.9. The molecule has 3 atom stereocenters. The van der Waals surface area contributed by atoms with Crippen molar-refractivity contribution in [3.8, 4) is 0 Å². The van der Waals surface area contributed by atoms with Crippen molar-refractivity contribution in [2.75, 3.05) is 13.1 Å². The van der Waals surface area contributed by atoms with Crippen LogP contribution in [0.15, 0.2) is 15.3 Å².